The van der Waals surface area contributed by atoms with Crippen molar-refractivity contribution in [3.63, 3.8) is 0 Å². The highest BCUT2D eigenvalue weighted by molar-refractivity contribution is 6.06. The van der Waals surface area contributed by atoms with Gasteiger partial charge in [-0.05, 0) is 53.9 Å². The summed E-state index contributed by atoms with van der Waals surface area (Å²) < 4.78 is 11.8. The van der Waals surface area contributed by atoms with E-state index in [9.17, 15) is 9.59 Å². The minimum absolute atomic E-state index is 0.117. The van der Waals surface area contributed by atoms with Crippen LogP contribution in [0, 0.1) is 17.8 Å². The Kier molecular flexibility index (Phi) is 6.29. The van der Waals surface area contributed by atoms with Crippen LogP contribution in [0.4, 0.5) is 0 Å². The molecule has 0 aromatic heterocycles. The standard InChI is InChI=1S/C32H37NO4/c1-19-7-9-20(10-8-19)18-37-26-12-11-21(13-27(26)36-6)28-29-22(14-31(2,3)16-24(29)34)33-23-15-32(4,5)17-25(35)30(23)28/h7-13,28,33H,14-18H2,1-6H3. The molecule has 0 saturated heterocycles. The lowest BCUT2D eigenvalue weighted by Gasteiger charge is -2.44. The third kappa shape index (κ3) is 4.96. The number of benzene rings is 2. The molecule has 5 nitrogen and oxygen atoms in total. The number of ketones is 2. The van der Waals surface area contributed by atoms with Crippen LogP contribution in [0.2, 0.25) is 0 Å². The minimum Gasteiger partial charge on any atom is -0.493 e. The highest BCUT2D eigenvalue weighted by Crippen LogP contribution is 2.51. The smallest absolute Gasteiger partial charge is 0.162 e. The number of dihydropyridines is 1. The molecule has 0 radical (unpaired) electrons. The number of nitrogens with one attached hydrogen (secondary N) is 1. The monoisotopic (exact) mass is 499 g/mol. The van der Waals surface area contributed by atoms with Crippen molar-refractivity contribution < 1.29 is 19.1 Å². The van der Waals surface area contributed by atoms with E-state index in [2.05, 4.69) is 64.2 Å². The zero-order valence-electron chi connectivity index (χ0n) is 22.8. The molecule has 0 fully saturated rings. The molecule has 2 aromatic carbocycles. The summed E-state index contributed by atoms with van der Waals surface area (Å²) >= 11 is 0. The number of aryl methyl sites for hydroxylation is 1. The predicted octanol–water partition coefficient (Wildman–Crippen LogP) is 6.56. The van der Waals surface area contributed by atoms with E-state index in [4.69, 9.17) is 9.47 Å². The summed E-state index contributed by atoms with van der Waals surface area (Å²) in [5.74, 6) is 1.08. The van der Waals surface area contributed by atoms with E-state index in [0.29, 0.717) is 30.9 Å². The number of Topliss-reactive ketones (excluding diaryl/α,β-unsaturated/α-hetero) is 2. The molecule has 0 bridgehead atoms. The lowest BCUT2D eigenvalue weighted by atomic mass is 9.64. The molecule has 0 unspecified atom stereocenters. The average molecular weight is 500 g/mol. The van der Waals surface area contributed by atoms with Gasteiger partial charge < -0.3 is 14.8 Å². The van der Waals surface area contributed by atoms with E-state index in [0.717, 1.165) is 46.5 Å². The average Bonchev–Trinajstić information content (AvgIpc) is 2.80. The molecule has 0 amide bonds. The molecular formula is C32H37NO4. The summed E-state index contributed by atoms with van der Waals surface area (Å²) in [5, 5.41) is 3.57. The second-order valence-electron chi connectivity index (χ2n) is 12.4. The number of allylic oxidation sites excluding steroid dienone is 4. The van der Waals surface area contributed by atoms with Crippen LogP contribution >= 0.6 is 0 Å². The fraction of sp³-hybridized carbons (Fsp3) is 0.438. The highest BCUT2D eigenvalue weighted by Gasteiger charge is 2.46. The predicted molar refractivity (Wildman–Crippen MR) is 144 cm³/mol. The summed E-state index contributed by atoms with van der Waals surface area (Å²) in [6.07, 6.45) is 2.51. The van der Waals surface area contributed by atoms with Crippen LogP contribution in [0.3, 0.4) is 0 Å². The molecule has 0 atom stereocenters. The lowest BCUT2D eigenvalue weighted by Crippen LogP contribution is -2.42. The molecular weight excluding hydrogens is 462 g/mol. The molecule has 3 aliphatic rings. The largest absolute Gasteiger partial charge is 0.493 e. The molecule has 1 N–H and O–H groups in total. The van der Waals surface area contributed by atoms with Gasteiger partial charge in [-0.25, -0.2) is 0 Å². The van der Waals surface area contributed by atoms with E-state index in [-0.39, 0.29) is 22.4 Å². The van der Waals surface area contributed by atoms with Crippen LogP contribution in [0.15, 0.2) is 65.0 Å². The first-order valence-electron chi connectivity index (χ1n) is 13.1. The van der Waals surface area contributed by atoms with E-state index in [1.807, 2.05) is 18.2 Å². The maximum Gasteiger partial charge on any atom is 0.162 e. The third-order valence-electron chi connectivity index (χ3n) is 7.76. The molecule has 194 valence electrons. The first-order valence-corrected chi connectivity index (χ1v) is 13.1. The Balaban J connectivity index is 1.55. The number of rotatable bonds is 5. The Morgan fingerprint density at radius 1 is 0.811 bits per heavy atom. The van der Waals surface area contributed by atoms with Crippen molar-refractivity contribution in [2.75, 3.05) is 7.11 Å². The Morgan fingerprint density at radius 2 is 1.38 bits per heavy atom. The molecule has 5 heteroatoms. The molecule has 0 spiro atoms. The van der Waals surface area contributed by atoms with Crippen molar-refractivity contribution in [2.45, 2.75) is 72.8 Å². The Morgan fingerprint density at radius 3 is 1.92 bits per heavy atom. The second-order valence-corrected chi connectivity index (χ2v) is 12.4. The number of carbonyl (C=O) groups excluding carboxylic acids is 2. The maximum atomic E-state index is 13.6. The highest BCUT2D eigenvalue weighted by atomic mass is 16.5. The quantitative estimate of drug-likeness (QED) is 0.505. The Labute approximate surface area is 219 Å². The molecule has 5 rings (SSSR count). The van der Waals surface area contributed by atoms with Gasteiger partial charge in [0, 0.05) is 41.3 Å². The summed E-state index contributed by atoms with van der Waals surface area (Å²) in [6.45, 7) is 11.0. The van der Waals surface area contributed by atoms with Crippen molar-refractivity contribution in [3.8, 4) is 11.5 Å². The van der Waals surface area contributed by atoms with Crippen molar-refractivity contribution in [3.05, 3.63) is 81.7 Å². The van der Waals surface area contributed by atoms with Gasteiger partial charge in [0.2, 0.25) is 0 Å². The third-order valence-corrected chi connectivity index (χ3v) is 7.76. The zero-order chi connectivity index (χ0) is 26.5. The van der Waals surface area contributed by atoms with Crippen molar-refractivity contribution in [2.24, 2.45) is 10.8 Å². The van der Waals surface area contributed by atoms with Crippen molar-refractivity contribution >= 4 is 11.6 Å². The normalized spacial score (nSPS) is 20.8. The number of ether oxygens (including phenoxy) is 2. The van der Waals surface area contributed by atoms with Gasteiger partial charge in [-0.2, -0.15) is 0 Å². The lowest BCUT2D eigenvalue weighted by molar-refractivity contribution is -0.119. The van der Waals surface area contributed by atoms with Gasteiger partial charge in [0.05, 0.1) is 7.11 Å². The number of hydrogen-bond acceptors (Lipinski definition) is 5. The van der Waals surface area contributed by atoms with Crippen LogP contribution in [-0.2, 0) is 16.2 Å². The van der Waals surface area contributed by atoms with E-state index < -0.39 is 5.92 Å². The van der Waals surface area contributed by atoms with Crippen LogP contribution in [0.1, 0.15) is 76.0 Å². The van der Waals surface area contributed by atoms with Crippen LogP contribution in [-0.4, -0.2) is 18.7 Å². The fourth-order valence-corrected chi connectivity index (χ4v) is 6.05. The molecule has 1 aliphatic heterocycles. The van der Waals surface area contributed by atoms with Crippen molar-refractivity contribution in [1.82, 2.24) is 5.32 Å². The Bertz CT molecular complexity index is 1280. The maximum absolute atomic E-state index is 13.6. The van der Waals surface area contributed by atoms with E-state index >= 15 is 0 Å². The summed E-state index contributed by atoms with van der Waals surface area (Å²) in [7, 11) is 1.62. The summed E-state index contributed by atoms with van der Waals surface area (Å²) in [5.41, 5.74) is 6.34. The molecule has 0 saturated carbocycles. The van der Waals surface area contributed by atoms with Gasteiger partial charge >= 0.3 is 0 Å². The van der Waals surface area contributed by atoms with Crippen molar-refractivity contribution in [1.29, 1.82) is 0 Å². The van der Waals surface area contributed by atoms with Gasteiger partial charge in [0.1, 0.15) is 6.61 Å². The van der Waals surface area contributed by atoms with Gasteiger partial charge in [-0.1, -0.05) is 63.6 Å². The van der Waals surface area contributed by atoms with Crippen LogP contribution in [0.5, 0.6) is 11.5 Å². The zero-order valence-corrected chi connectivity index (χ0v) is 22.8. The second kappa shape index (κ2) is 9.20. The molecule has 2 aliphatic carbocycles. The van der Waals surface area contributed by atoms with Gasteiger partial charge in [0.25, 0.3) is 0 Å². The summed E-state index contributed by atoms with van der Waals surface area (Å²) in [4.78, 5) is 27.1. The van der Waals surface area contributed by atoms with E-state index in [1.54, 1.807) is 7.11 Å². The molecule has 37 heavy (non-hydrogen) atoms. The fourth-order valence-electron chi connectivity index (χ4n) is 6.05. The van der Waals surface area contributed by atoms with Gasteiger partial charge in [-0.3, -0.25) is 9.59 Å². The van der Waals surface area contributed by atoms with Crippen LogP contribution < -0.4 is 14.8 Å². The summed E-state index contributed by atoms with van der Waals surface area (Å²) in [6, 6.07) is 14.1. The molecule has 2 aromatic rings. The SMILES string of the molecule is COc1cc(C2C3=C(CC(C)(C)CC3=O)NC3=C2C(=O)CC(C)(C)C3)ccc1OCc1ccc(C)cc1. The van der Waals surface area contributed by atoms with Gasteiger partial charge in [0.15, 0.2) is 23.1 Å². The van der Waals surface area contributed by atoms with E-state index in [1.165, 1.54) is 5.56 Å². The first-order chi connectivity index (χ1) is 17.5. The number of carbonyl (C=O) groups is 2. The number of methoxy groups -OCH3 is 1. The minimum atomic E-state index is -0.390. The number of hydrogen-bond donors (Lipinski definition) is 1. The molecule has 1 heterocycles. The first kappa shape index (κ1) is 25.3. The topological polar surface area (TPSA) is 64.6 Å². The van der Waals surface area contributed by atoms with Gasteiger partial charge in [-0.15, -0.1) is 0 Å². The Hall–Kier alpha value is -3.34. The van der Waals surface area contributed by atoms with Crippen LogP contribution in [0.25, 0.3) is 0 Å².